The SMILES string of the molecule is CCC(Oc1ccc(F)c(C)c1)C(=N)N. The third-order valence-corrected chi connectivity index (χ3v) is 2.13. The maximum Gasteiger partial charge on any atom is 0.155 e. The zero-order chi connectivity index (χ0) is 11.4. The summed E-state index contributed by atoms with van der Waals surface area (Å²) in [4.78, 5) is 0. The Bertz CT molecular complexity index is 366. The second-order valence-corrected chi connectivity index (χ2v) is 3.38. The lowest BCUT2D eigenvalue weighted by molar-refractivity contribution is 0.260. The highest BCUT2D eigenvalue weighted by Gasteiger charge is 2.11. The van der Waals surface area contributed by atoms with Crippen LogP contribution in [0.15, 0.2) is 18.2 Å². The molecule has 1 aromatic rings. The van der Waals surface area contributed by atoms with Gasteiger partial charge in [-0.2, -0.15) is 0 Å². The number of aryl methyl sites for hydroxylation is 1. The smallest absolute Gasteiger partial charge is 0.155 e. The summed E-state index contributed by atoms with van der Waals surface area (Å²) in [6.45, 7) is 3.54. The Morgan fingerprint density at radius 1 is 1.60 bits per heavy atom. The molecule has 0 saturated heterocycles. The van der Waals surface area contributed by atoms with Gasteiger partial charge in [0.25, 0.3) is 0 Å². The number of nitrogens with one attached hydrogen (secondary N) is 1. The molecule has 1 aromatic carbocycles. The fourth-order valence-corrected chi connectivity index (χ4v) is 1.22. The highest BCUT2D eigenvalue weighted by molar-refractivity contribution is 5.81. The zero-order valence-electron chi connectivity index (χ0n) is 8.88. The Morgan fingerprint density at radius 2 is 2.27 bits per heavy atom. The first-order valence-electron chi connectivity index (χ1n) is 4.81. The largest absolute Gasteiger partial charge is 0.483 e. The normalized spacial score (nSPS) is 12.2. The Kier molecular flexibility index (Phi) is 3.66. The van der Waals surface area contributed by atoms with E-state index >= 15 is 0 Å². The standard InChI is InChI=1S/C11H15FN2O/c1-3-10(11(13)14)15-8-4-5-9(12)7(2)6-8/h4-6,10H,3H2,1-2H3,(H3,13,14). The van der Waals surface area contributed by atoms with Crippen LogP contribution in [0.3, 0.4) is 0 Å². The van der Waals surface area contributed by atoms with Crippen molar-refractivity contribution in [2.24, 2.45) is 5.73 Å². The van der Waals surface area contributed by atoms with Gasteiger partial charge >= 0.3 is 0 Å². The maximum atomic E-state index is 13.0. The summed E-state index contributed by atoms with van der Waals surface area (Å²) >= 11 is 0. The van der Waals surface area contributed by atoms with Gasteiger partial charge in [0.15, 0.2) is 6.10 Å². The summed E-state index contributed by atoms with van der Waals surface area (Å²) in [5.41, 5.74) is 5.87. The molecule has 15 heavy (non-hydrogen) atoms. The number of nitrogens with two attached hydrogens (primary N) is 1. The first-order valence-corrected chi connectivity index (χ1v) is 4.81. The van der Waals surface area contributed by atoms with Crippen molar-refractivity contribution in [2.75, 3.05) is 0 Å². The predicted octanol–water partition coefficient (Wildman–Crippen LogP) is 2.23. The lowest BCUT2D eigenvalue weighted by Gasteiger charge is -2.16. The highest BCUT2D eigenvalue weighted by atomic mass is 19.1. The first-order chi connectivity index (χ1) is 7.04. The second kappa shape index (κ2) is 4.77. The minimum atomic E-state index is -0.435. The molecule has 0 amide bonds. The molecule has 0 saturated carbocycles. The van der Waals surface area contributed by atoms with E-state index in [1.165, 1.54) is 12.1 Å². The van der Waals surface area contributed by atoms with Crippen LogP contribution in [0.5, 0.6) is 5.75 Å². The molecule has 0 bridgehead atoms. The summed E-state index contributed by atoms with van der Waals surface area (Å²) in [6.07, 6.45) is 0.182. The summed E-state index contributed by atoms with van der Waals surface area (Å²) in [5.74, 6) is 0.258. The minimum absolute atomic E-state index is 0.0144. The van der Waals surface area contributed by atoms with Gasteiger partial charge in [-0.05, 0) is 37.1 Å². The van der Waals surface area contributed by atoms with E-state index in [1.807, 2.05) is 6.92 Å². The average Bonchev–Trinajstić information content (AvgIpc) is 2.19. The summed E-state index contributed by atoms with van der Waals surface area (Å²) in [5, 5.41) is 7.28. The van der Waals surface area contributed by atoms with E-state index in [0.717, 1.165) is 0 Å². The number of hydrogen-bond acceptors (Lipinski definition) is 2. The fourth-order valence-electron chi connectivity index (χ4n) is 1.22. The van der Waals surface area contributed by atoms with Crippen LogP contribution in [-0.4, -0.2) is 11.9 Å². The van der Waals surface area contributed by atoms with E-state index < -0.39 is 6.10 Å². The quantitative estimate of drug-likeness (QED) is 0.591. The van der Waals surface area contributed by atoms with Crippen molar-refractivity contribution in [2.45, 2.75) is 26.4 Å². The second-order valence-electron chi connectivity index (χ2n) is 3.38. The summed E-state index contributed by atoms with van der Waals surface area (Å²) < 4.78 is 18.4. The van der Waals surface area contributed by atoms with Crippen LogP contribution < -0.4 is 10.5 Å². The molecule has 0 fully saturated rings. The topological polar surface area (TPSA) is 59.1 Å². The third kappa shape index (κ3) is 2.94. The van der Waals surface area contributed by atoms with Gasteiger partial charge in [0, 0.05) is 0 Å². The van der Waals surface area contributed by atoms with Crippen LogP contribution in [0.25, 0.3) is 0 Å². The molecule has 3 N–H and O–H groups in total. The minimum Gasteiger partial charge on any atom is -0.483 e. The van der Waals surface area contributed by atoms with Crippen molar-refractivity contribution in [1.82, 2.24) is 0 Å². The van der Waals surface area contributed by atoms with Gasteiger partial charge < -0.3 is 10.5 Å². The number of hydrogen-bond donors (Lipinski definition) is 2. The van der Waals surface area contributed by atoms with E-state index in [-0.39, 0.29) is 11.7 Å². The van der Waals surface area contributed by atoms with Crippen molar-refractivity contribution >= 4 is 5.84 Å². The highest BCUT2D eigenvalue weighted by Crippen LogP contribution is 2.17. The monoisotopic (exact) mass is 210 g/mol. The molecule has 82 valence electrons. The van der Waals surface area contributed by atoms with Crippen molar-refractivity contribution in [3.8, 4) is 5.75 Å². The molecule has 0 radical (unpaired) electrons. The number of rotatable bonds is 4. The number of amidine groups is 1. The molecule has 4 heteroatoms. The zero-order valence-corrected chi connectivity index (χ0v) is 8.88. The van der Waals surface area contributed by atoms with Crippen LogP contribution >= 0.6 is 0 Å². The number of benzene rings is 1. The van der Waals surface area contributed by atoms with Crippen molar-refractivity contribution < 1.29 is 9.13 Å². The molecule has 1 rings (SSSR count). The molecule has 0 aliphatic rings. The van der Waals surface area contributed by atoms with Crippen LogP contribution in [0, 0.1) is 18.2 Å². The molecule has 0 aliphatic heterocycles. The fraction of sp³-hybridized carbons (Fsp3) is 0.364. The first kappa shape index (κ1) is 11.5. The van der Waals surface area contributed by atoms with E-state index in [9.17, 15) is 4.39 Å². The van der Waals surface area contributed by atoms with Crippen LogP contribution in [0.1, 0.15) is 18.9 Å². The molecule has 0 aliphatic carbocycles. The molecule has 1 atom stereocenters. The maximum absolute atomic E-state index is 13.0. The van der Waals surface area contributed by atoms with Gasteiger partial charge in [0.1, 0.15) is 17.4 Å². The lowest BCUT2D eigenvalue weighted by Crippen LogP contribution is -2.32. The average molecular weight is 210 g/mol. The number of ether oxygens (including phenoxy) is 1. The molecular weight excluding hydrogens is 195 g/mol. The van der Waals surface area contributed by atoms with Crippen LogP contribution in [0.2, 0.25) is 0 Å². The van der Waals surface area contributed by atoms with Crippen molar-refractivity contribution in [1.29, 1.82) is 5.41 Å². The number of halogens is 1. The molecule has 0 heterocycles. The Hall–Kier alpha value is -1.58. The Balaban J connectivity index is 2.80. The van der Waals surface area contributed by atoms with E-state index in [1.54, 1.807) is 13.0 Å². The van der Waals surface area contributed by atoms with Crippen molar-refractivity contribution in [3.63, 3.8) is 0 Å². The van der Waals surface area contributed by atoms with Gasteiger partial charge in [-0.25, -0.2) is 4.39 Å². The Labute approximate surface area is 88.6 Å². The molecule has 0 aromatic heterocycles. The molecular formula is C11H15FN2O. The van der Waals surface area contributed by atoms with Crippen LogP contribution in [-0.2, 0) is 0 Å². The van der Waals surface area contributed by atoms with Crippen molar-refractivity contribution in [3.05, 3.63) is 29.6 Å². The predicted molar refractivity (Wildman–Crippen MR) is 57.8 cm³/mol. The van der Waals surface area contributed by atoms with E-state index in [0.29, 0.717) is 17.7 Å². The Morgan fingerprint density at radius 3 is 2.73 bits per heavy atom. The molecule has 1 unspecified atom stereocenters. The van der Waals surface area contributed by atoms with Gasteiger partial charge in [0.2, 0.25) is 0 Å². The van der Waals surface area contributed by atoms with Crippen LogP contribution in [0.4, 0.5) is 4.39 Å². The van der Waals surface area contributed by atoms with Gasteiger partial charge in [0.05, 0.1) is 0 Å². The summed E-state index contributed by atoms with van der Waals surface area (Å²) in [6, 6.07) is 4.48. The van der Waals surface area contributed by atoms with Gasteiger partial charge in [-0.1, -0.05) is 6.92 Å². The van der Waals surface area contributed by atoms with Gasteiger partial charge in [-0.15, -0.1) is 0 Å². The molecule has 0 spiro atoms. The third-order valence-electron chi connectivity index (χ3n) is 2.13. The summed E-state index contributed by atoms with van der Waals surface area (Å²) in [7, 11) is 0. The van der Waals surface area contributed by atoms with Gasteiger partial charge in [-0.3, -0.25) is 5.41 Å². The molecule has 3 nitrogen and oxygen atoms in total. The lowest BCUT2D eigenvalue weighted by atomic mass is 10.2. The van der Waals surface area contributed by atoms with E-state index in [4.69, 9.17) is 15.9 Å². The van der Waals surface area contributed by atoms with E-state index in [2.05, 4.69) is 0 Å².